The van der Waals surface area contributed by atoms with Crippen molar-refractivity contribution in [2.75, 3.05) is 20.7 Å². The number of benzene rings is 3. The fraction of sp³-hybridized carbons (Fsp3) is 0.560. The summed E-state index contributed by atoms with van der Waals surface area (Å²) >= 11 is 0. The third-order valence-electron chi connectivity index (χ3n) is 15.2. The molecule has 4 aliphatic rings. The van der Waals surface area contributed by atoms with Crippen LogP contribution in [0.1, 0.15) is 140 Å². The van der Waals surface area contributed by atoms with Gasteiger partial charge >= 0.3 is 0 Å². The Morgan fingerprint density at radius 2 is 1.73 bits per heavy atom. The van der Waals surface area contributed by atoms with Gasteiger partial charge in [0.05, 0.1) is 38.1 Å². The van der Waals surface area contributed by atoms with E-state index in [1.165, 1.54) is 25.5 Å². The lowest BCUT2D eigenvalue weighted by Gasteiger charge is -2.46. The number of hydrogen-bond acceptors (Lipinski definition) is 9. The van der Waals surface area contributed by atoms with Crippen molar-refractivity contribution in [3.05, 3.63) is 106 Å². The van der Waals surface area contributed by atoms with Crippen molar-refractivity contribution in [1.29, 1.82) is 0 Å². The van der Waals surface area contributed by atoms with E-state index in [9.17, 15) is 30.6 Å². The van der Waals surface area contributed by atoms with E-state index in [1.807, 2.05) is 25.2 Å². The summed E-state index contributed by atoms with van der Waals surface area (Å²) in [6.07, 6.45) is 13.4. The second kappa shape index (κ2) is 18.5. The average molecular weight is 822 g/mol. The molecule has 324 valence electrons. The summed E-state index contributed by atoms with van der Waals surface area (Å²) in [5, 5.41) is 71.7. The van der Waals surface area contributed by atoms with Gasteiger partial charge in [-0.05, 0) is 142 Å². The molecule has 0 bridgehead atoms. The molecule has 10 heteroatoms. The first-order valence-corrected chi connectivity index (χ1v) is 22.5. The molecule has 0 amide bonds. The molecule has 3 saturated carbocycles. The Hall–Kier alpha value is -4.06. The fourth-order valence-corrected chi connectivity index (χ4v) is 12.1. The van der Waals surface area contributed by atoms with Crippen molar-refractivity contribution in [3.63, 3.8) is 0 Å². The molecule has 2 heterocycles. The number of nitrogens with zero attached hydrogens (tertiary/aromatic N) is 1. The van der Waals surface area contributed by atoms with Crippen molar-refractivity contribution < 1.29 is 40.1 Å². The van der Waals surface area contributed by atoms with Gasteiger partial charge in [0.25, 0.3) is 0 Å². The summed E-state index contributed by atoms with van der Waals surface area (Å²) in [4.78, 5) is 4.20. The number of methoxy groups -OCH3 is 1. The predicted octanol–water partition coefficient (Wildman–Crippen LogP) is 8.00. The van der Waals surface area contributed by atoms with Crippen LogP contribution in [0.15, 0.2) is 67.0 Å². The summed E-state index contributed by atoms with van der Waals surface area (Å²) < 4.78 is 12.6. The number of nitrogens with one attached hydrogen (secondary N) is 1. The summed E-state index contributed by atoms with van der Waals surface area (Å²) in [6.45, 7) is 0.404. The van der Waals surface area contributed by atoms with Crippen molar-refractivity contribution in [1.82, 2.24) is 10.3 Å². The van der Waals surface area contributed by atoms with Crippen molar-refractivity contribution >= 4 is 0 Å². The minimum Gasteiger partial charge on any atom is -0.670 e. The van der Waals surface area contributed by atoms with Crippen LogP contribution in [0.2, 0.25) is 0 Å². The van der Waals surface area contributed by atoms with Crippen LogP contribution in [0.5, 0.6) is 23.0 Å². The van der Waals surface area contributed by atoms with Gasteiger partial charge in [-0.3, -0.25) is 0 Å². The molecule has 1 aliphatic heterocycles. The van der Waals surface area contributed by atoms with Crippen LogP contribution in [0.4, 0.5) is 0 Å². The van der Waals surface area contributed by atoms with Crippen molar-refractivity contribution in [2.24, 2.45) is 17.8 Å². The van der Waals surface area contributed by atoms with Crippen LogP contribution in [-0.4, -0.2) is 69.7 Å². The van der Waals surface area contributed by atoms with Crippen LogP contribution >= 0.6 is 0 Å². The number of aliphatic hydroxyl groups excluding tert-OH is 3. The highest BCUT2D eigenvalue weighted by molar-refractivity contribution is 5.64. The van der Waals surface area contributed by atoms with E-state index in [-0.39, 0.29) is 58.7 Å². The number of rotatable bonds is 14. The van der Waals surface area contributed by atoms with E-state index in [4.69, 9.17) is 9.47 Å². The van der Waals surface area contributed by atoms with Gasteiger partial charge in [0.1, 0.15) is 5.75 Å². The highest BCUT2D eigenvalue weighted by atomic mass is 16.5. The maximum Gasteiger partial charge on any atom is 0.201 e. The second-order valence-corrected chi connectivity index (χ2v) is 18.5. The molecule has 10 nitrogen and oxygen atoms in total. The van der Waals surface area contributed by atoms with E-state index in [0.29, 0.717) is 29.9 Å². The van der Waals surface area contributed by atoms with Gasteiger partial charge in [0, 0.05) is 23.5 Å². The predicted molar refractivity (Wildman–Crippen MR) is 231 cm³/mol. The van der Waals surface area contributed by atoms with E-state index >= 15 is 0 Å². The second-order valence-electron chi connectivity index (χ2n) is 18.5. The Labute approximate surface area is 355 Å². The first-order chi connectivity index (χ1) is 29.1. The topological polar surface area (TPSA) is 166 Å². The highest BCUT2D eigenvalue weighted by Crippen LogP contribution is 2.54. The maximum absolute atomic E-state index is 12.3. The van der Waals surface area contributed by atoms with Gasteiger partial charge in [0.15, 0.2) is 11.5 Å². The van der Waals surface area contributed by atoms with Gasteiger partial charge in [-0.1, -0.05) is 66.9 Å². The normalized spacial score (nSPS) is 28.3. The van der Waals surface area contributed by atoms with E-state index < -0.39 is 36.4 Å². The van der Waals surface area contributed by atoms with Gasteiger partial charge in [-0.25, -0.2) is 0 Å². The van der Waals surface area contributed by atoms with Gasteiger partial charge in [-0.2, -0.15) is 12.4 Å². The maximum atomic E-state index is 12.3. The van der Waals surface area contributed by atoms with Crippen LogP contribution < -0.4 is 15.0 Å². The Kier molecular flexibility index (Phi) is 13.1. The minimum absolute atomic E-state index is 0.0170. The molecule has 8 rings (SSSR count). The summed E-state index contributed by atoms with van der Waals surface area (Å²) in [6, 6.07) is 18.8. The van der Waals surface area contributed by atoms with Gasteiger partial charge in [-0.15, -0.1) is 0 Å². The number of fused-ring (bicyclic) bond motifs is 1. The summed E-state index contributed by atoms with van der Waals surface area (Å²) in [5.41, 5.74) is 5.51. The van der Waals surface area contributed by atoms with Crippen LogP contribution in [0, 0.1) is 17.8 Å². The zero-order valence-electron chi connectivity index (χ0n) is 35.3. The van der Waals surface area contributed by atoms with E-state index in [2.05, 4.69) is 46.7 Å². The zero-order valence-corrected chi connectivity index (χ0v) is 35.3. The smallest absolute Gasteiger partial charge is 0.201 e. The molecule has 60 heavy (non-hydrogen) atoms. The number of ether oxygens (including phenoxy) is 2. The lowest BCUT2D eigenvalue weighted by Crippen LogP contribution is -2.44. The molecule has 3 aliphatic carbocycles. The fourth-order valence-electron chi connectivity index (χ4n) is 12.1. The molecule has 3 aromatic carbocycles. The number of aromatic nitrogens is 1. The molecule has 1 saturated heterocycles. The Morgan fingerprint density at radius 3 is 2.45 bits per heavy atom. The summed E-state index contributed by atoms with van der Waals surface area (Å²) in [5.74, 6) is 0.0747. The van der Waals surface area contributed by atoms with Crippen LogP contribution in [0.25, 0.3) is 0 Å². The quantitative estimate of drug-likeness (QED) is 0.0620. The monoisotopic (exact) mass is 821 g/mol. The summed E-state index contributed by atoms with van der Waals surface area (Å²) in [7, 11) is 3.43. The zero-order chi connectivity index (χ0) is 42.0. The molecule has 0 spiro atoms. The third-order valence-corrected chi connectivity index (χ3v) is 15.2. The molecule has 7 N–H and O–H groups in total. The van der Waals surface area contributed by atoms with Crippen molar-refractivity contribution in [2.45, 2.75) is 138 Å². The number of hydrogen-bond donors (Lipinski definition) is 7. The molecule has 4 aromatic rings. The first-order valence-electron chi connectivity index (χ1n) is 22.5. The standard InChI is InChI=1S/C50H65N2O8/c1-51-20-16-30-10-13-35(43(56)27-50(18-6-7-19-50)34-8-4-3-5-9-34)37(22-30)38-24-32(12-15-41(38)54)33-11-14-36-42(55)26-45(60-44(36)25-33)46-39(23-31-17-21-52-28-31)49(59-2)48(58)47(57)40(46)29-53/h3-5,8-9,12,15,17,21,24,28,30,33,35-37,42-45,51,53-58H,6-7,10-11,13-14,16,18-20,22-23,25-27,29H2,1-2H3/q-1/t30-,33-,35-,36-,37-,42+,43-,44+,45+/m1/s1. The average Bonchev–Trinajstić information content (AvgIpc) is 3.97. The molecule has 9 atom stereocenters. The van der Waals surface area contributed by atoms with Crippen LogP contribution in [-0.2, 0) is 23.2 Å². The van der Waals surface area contributed by atoms with E-state index in [1.54, 1.807) is 12.4 Å². The highest BCUT2D eigenvalue weighted by Gasteiger charge is 2.46. The lowest BCUT2D eigenvalue weighted by atomic mass is 9.64. The minimum atomic E-state index is -0.676. The van der Waals surface area contributed by atoms with Crippen molar-refractivity contribution in [3.8, 4) is 23.0 Å². The number of aliphatic hydroxyl groups is 3. The Bertz CT molecular complexity index is 2030. The molecule has 4 fully saturated rings. The van der Waals surface area contributed by atoms with E-state index in [0.717, 1.165) is 81.0 Å². The first kappa shape index (κ1) is 42.6. The molecule has 1 aromatic heterocycles. The number of phenols is 3. The molecular weight excluding hydrogens is 757 g/mol. The lowest BCUT2D eigenvalue weighted by molar-refractivity contribution is -0.154. The Morgan fingerprint density at radius 1 is 0.933 bits per heavy atom. The van der Waals surface area contributed by atoms with Gasteiger partial charge in [0.2, 0.25) is 5.75 Å². The SMILES string of the molecule is CNCC[C@H]1CC[C@@H]([C@H](O)CC2(c3ccccc3)CCCC2)[C@H](c2cc([C@@H]3CC[C@H]4[C@H](C3)O[C@H](c3c(CO)c(O)c(O)c(OC)c3Cc3cc[n-]c3)C[C@@H]4O)ccc2O)C1. The third kappa shape index (κ3) is 8.43. The largest absolute Gasteiger partial charge is 0.670 e. The van der Waals surface area contributed by atoms with Gasteiger partial charge < -0.3 is 50.4 Å². The molecular formula is C50H65N2O8-. The molecule has 0 unspecified atom stereocenters. The van der Waals surface area contributed by atoms with Crippen LogP contribution in [0.3, 0.4) is 0 Å². The number of aromatic hydroxyl groups is 3. The number of phenolic OH excluding ortho intramolecular Hbond substituents is 2. The molecule has 0 radical (unpaired) electrons. The Balaban J connectivity index is 1.07.